The van der Waals surface area contributed by atoms with Crippen LogP contribution in [0.5, 0.6) is 5.75 Å². The summed E-state index contributed by atoms with van der Waals surface area (Å²) in [6, 6.07) is 5.54. The molecule has 1 aliphatic rings. The smallest absolute Gasteiger partial charge is 0.249 e. The molecular weight excluding hydrogens is 439 g/mol. The Balaban J connectivity index is 1.81. The lowest BCUT2D eigenvalue weighted by molar-refractivity contribution is -0.111. The van der Waals surface area contributed by atoms with Crippen LogP contribution in [0.1, 0.15) is 48.8 Å². The molecule has 1 heterocycles. The van der Waals surface area contributed by atoms with Crippen molar-refractivity contribution in [3.05, 3.63) is 49.8 Å². The zero-order valence-corrected chi connectivity index (χ0v) is 19.8. The number of thiophene rings is 1. The highest BCUT2D eigenvalue weighted by molar-refractivity contribution is 7.16. The first-order valence-corrected chi connectivity index (χ1v) is 11.3. The molecule has 0 aliphatic heterocycles. The van der Waals surface area contributed by atoms with Gasteiger partial charge in [-0.25, -0.2) is 0 Å². The van der Waals surface area contributed by atoms with Crippen LogP contribution in [0.15, 0.2) is 18.2 Å². The number of anilines is 1. The van der Waals surface area contributed by atoms with Crippen LogP contribution in [-0.2, 0) is 17.6 Å². The average molecular weight is 463 g/mol. The Kier molecular flexibility index (Phi) is 6.81. The number of benzene rings is 1. The number of nitrogens with one attached hydrogen (secondary N) is 1. The first-order chi connectivity index (χ1) is 14.1. The highest BCUT2D eigenvalue weighted by atomic mass is 35.5. The molecule has 0 saturated heterocycles. The topological polar surface area (TPSA) is 62.1 Å². The van der Waals surface area contributed by atoms with Crippen molar-refractivity contribution in [2.24, 2.45) is 11.3 Å². The lowest BCUT2D eigenvalue weighted by Crippen LogP contribution is -2.26. The zero-order valence-electron chi connectivity index (χ0n) is 17.4. The van der Waals surface area contributed by atoms with Crippen molar-refractivity contribution in [1.29, 1.82) is 5.26 Å². The second-order valence-electron chi connectivity index (χ2n) is 8.46. The number of carbonyl (C=O) groups is 1. The lowest BCUT2D eigenvalue weighted by Gasteiger charge is -2.33. The van der Waals surface area contributed by atoms with E-state index in [2.05, 4.69) is 32.2 Å². The summed E-state index contributed by atoms with van der Waals surface area (Å²) >= 11 is 13.7. The van der Waals surface area contributed by atoms with Crippen LogP contribution >= 0.6 is 34.5 Å². The molecule has 1 amide bonds. The van der Waals surface area contributed by atoms with Crippen molar-refractivity contribution in [3.8, 4) is 11.8 Å². The number of nitrogens with zero attached hydrogens (tertiary/aromatic N) is 1. The average Bonchev–Trinajstić information content (AvgIpc) is 3.01. The maximum absolute atomic E-state index is 12.6. The molecule has 1 aliphatic carbocycles. The summed E-state index contributed by atoms with van der Waals surface area (Å²) in [6.07, 6.45) is 5.87. The number of fused-ring (bicyclic) bond motifs is 1. The summed E-state index contributed by atoms with van der Waals surface area (Å²) in [6.45, 7) is 6.77. The minimum atomic E-state index is -0.324. The van der Waals surface area contributed by atoms with E-state index in [1.807, 2.05) is 0 Å². The van der Waals surface area contributed by atoms with E-state index >= 15 is 0 Å². The fourth-order valence-electron chi connectivity index (χ4n) is 3.77. The molecule has 1 aromatic heterocycles. The molecule has 1 aromatic carbocycles. The predicted octanol–water partition coefficient (Wildman–Crippen LogP) is 6.74. The minimum Gasteiger partial charge on any atom is -0.495 e. The zero-order chi connectivity index (χ0) is 22.1. The third kappa shape index (κ3) is 4.83. The van der Waals surface area contributed by atoms with E-state index in [1.54, 1.807) is 18.2 Å². The van der Waals surface area contributed by atoms with Gasteiger partial charge in [-0.05, 0) is 54.4 Å². The van der Waals surface area contributed by atoms with Gasteiger partial charge in [0.2, 0.25) is 5.91 Å². The van der Waals surface area contributed by atoms with Crippen molar-refractivity contribution >= 4 is 51.5 Å². The maximum Gasteiger partial charge on any atom is 0.249 e. The third-order valence-electron chi connectivity index (χ3n) is 5.49. The van der Waals surface area contributed by atoms with Gasteiger partial charge in [0.25, 0.3) is 0 Å². The number of rotatable bonds is 4. The summed E-state index contributed by atoms with van der Waals surface area (Å²) in [5, 5.41) is 14.0. The van der Waals surface area contributed by atoms with E-state index in [9.17, 15) is 10.1 Å². The Morgan fingerprint density at radius 3 is 2.73 bits per heavy atom. The highest BCUT2D eigenvalue weighted by Crippen LogP contribution is 2.44. The molecule has 3 rings (SSSR count). The first-order valence-electron chi connectivity index (χ1n) is 9.70. The van der Waals surface area contributed by atoms with Crippen LogP contribution in [0.2, 0.25) is 10.0 Å². The number of hydrogen-bond acceptors (Lipinski definition) is 4. The largest absolute Gasteiger partial charge is 0.495 e. The van der Waals surface area contributed by atoms with Gasteiger partial charge in [0, 0.05) is 21.5 Å². The van der Waals surface area contributed by atoms with Crippen molar-refractivity contribution in [2.75, 3.05) is 12.4 Å². The second kappa shape index (κ2) is 9.01. The fraction of sp³-hybridized carbons (Fsp3) is 0.391. The predicted molar refractivity (Wildman–Crippen MR) is 125 cm³/mol. The normalized spacial score (nSPS) is 16.2. The summed E-state index contributed by atoms with van der Waals surface area (Å²) in [4.78, 5) is 13.8. The van der Waals surface area contributed by atoms with Crippen LogP contribution in [-0.4, -0.2) is 13.0 Å². The lowest BCUT2D eigenvalue weighted by atomic mass is 9.72. The number of methoxy groups -OCH3 is 1. The van der Waals surface area contributed by atoms with Gasteiger partial charge in [-0.2, -0.15) is 5.26 Å². The molecule has 30 heavy (non-hydrogen) atoms. The van der Waals surface area contributed by atoms with Gasteiger partial charge in [-0.1, -0.05) is 44.0 Å². The Morgan fingerprint density at radius 2 is 2.10 bits per heavy atom. The van der Waals surface area contributed by atoms with Crippen molar-refractivity contribution in [1.82, 2.24) is 0 Å². The summed E-state index contributed by atoms with van der Waals surface area (Å²) < 4.78 is 5.30. The number of ether oxygens (including phenoxy) is 1. The molecule has 0 saturated carbocycles. The van der Waals surface area contributed by atoms with E-state index in [4.69, 9.17) is 27.9 Å². The van der Waals surface area contributed by atoms with Crippen molar-refractivity contribution in [2.45, 2.75) is 40.0 Å². The van der Waals surface area contributed by atoms with Gasteiger partial charge in [-0.3, -0.25) is 4.79 Å². The van der Waals surface area contributed by atoms with E-state index in [-0.39, 0.29) is 11.3 Å². The molecule has 0 spiro atoms. The van der Waals surface area contributed by atoms with Gasteiger partial charge in [-0.15, -0.1) is 11.3 Å². The van der Waals surface area contributed by atoms with Crippen LogP contribution < -0.4 is 10.1 Å². The number of carbonyl (C=O) groups excluding carboxylic acids is 1. The van der Waals surface area contributed by atoms with Crippen molar-refractivity contribution < 1.29 is 9.53 Å². The Labute approximate surface area is 191 Å². The van der Waals surface area contributed by atoms with E-state index in [1.165, 1.54) is 29.4 Å². The molecule has 158 valence electrons. The Bertz CT molecular complexity index is 1040. The molecule has 0 radical (unpaired) electrons. The van der Waals surface area contributed by atoms with E-state index < -0.39 is 0 Å². The Morgan fingerprint density at radius 1 is 1.37 bits per heavy atom. The summed E-state index contributed by atoms with van der Waals surface area (Å²) in [7, 11) is 1.51. The molecule has 1 unspecified atom stereocenters. The first kappa shape index (κ1) is 22.7. The molecule has 1 atom stereocenters. The molecule has 4 nitrogen and oxygen atoms in total. The number of amides is 1. The van der Waals surface area contributed by atoms with Gasteiger partial charge < -0.3 is 10.1 Å². The van der Waals surface area contributed by atoms with Gasteiger partial charge in [0.15, 0.2) is 0 Å². The fourth-order valence-corrected chi connectivity index (χ4v) is 5.64. The van der Waals surface area contributed by atoms with Crippen LogP contribution in [0, 0.1) is 22.7 Å². The SMILES string of the molecule is COc1c(Cl)cc(Cl)cc1/C=C/C(=O)Nc1sc2c(c1C#N)CCC(C(C)(C)C)C2. The van der Waals surface area contributed by atoms with Crippen LogP contribution in [0.3, 0.4) is 0 Å². The molecule has 1 N–H and O–H groups in total. The number of halogens is 2. The van der Waals surface area contributed by atoms with E-state index in [0.717, 1.165) is 24.8 Å². The van der Waals surface area contributed by atoms with Crippen LogP contribution in [0.25, 0.3) is 6.08 Å². The molecule has 0 fully saturated rings. The van der Waals surface area contributed by atoms with Crippen LogP contribution in [0.4, 0.5) is 5.00 Å². The van der Waals surface area contributed by atoms with Crippen molar-refractivity contribution in [3.63, 3.8) is 0 Å². The molecule has 7 heteroatoms. The van der Waals surface area contributed by atoms with Gasteiger partial charge in [0.05, 0.1) is 17.7 Å². The quantitative estimate of drug-likeness (QED) is 0.511. The monoisotopic (exact) mass is 462 g/mol. The minimum absolute atomic E-state index is 0.220. The maximum atomic E-state index is 12.6. The van der Waals surface area contributed by atoms with E-state index in [0.29, 0.717) is 37.8 Å². The number of hydrogen-bond donors (Lipinski definition) is 1. The molecule has 2 aromatic rings. The highest BCUT2D eigenvalue weighted by Gasteiger charge is 2.32. The molecular formula is C23H24Cl2N2O2S. The molecule has 0 bridgehead atoms. The third-order valence-corrected chi connectivity index (χ3v) is 7.16. The van der Waals surface area contributed by atoms with Gasteiger partial charge >= 0.3 is 0 Å². The summed E-state index contributed by atoms with van der Waals surface area (Å²) in [5.41, 5.74) is 2.50. The van der Waals surface area contributed by atoms with Gasteiger partial charge in [0.1, 0.15) is 16.8 Å². The second-order valence-corrected chi connectivity index (χ2v) is 10.4. The Hall–Kier alpha value is -2.00. The standard InChI is InChI=1S/C23H24Cl2N2O2S/c1-23(2,3)14-6-7-16-17(12-26)22(30-19(16)10-14)27-20(28)8-5-13-9-15(24)11-18(25)21(13)29-4/h5,8-9,11,14H,6-7,10H2,1-4H3,(H,27,28)/b8-5+. The number of nitriles is 1. The summed E-state index contributed by atoms with van der Waals surface area (Å²) in [5.74, 6) is 0.692.